The smallest absolute Gasteiger partial charge is 0.0950 e. The van der Waals surface area contributed by atoms with Crippen LogP contribution in [0, 0.1) is 6.92 Å². The van der Waals surface area contributed by atoms with Crippen molar-refractivity contribution in [2.75, 3.05) is 6.61 Å². The summed E-state index contributed by atoms with van der Waals surface area (Å²) < 4.78 is 7.78. The molecule has 1 aliphatic rings. The van der Waals surface area contributed by atoms with E-state index in [1.807, 2.05) is 12.5 Å². The molecule has 1 aromatic heterocycles. The maximum atomic E-state index is 5.51. The quantitative estimate of drug-likeness (QED) is 0.660. The van der Waals surface area contributed by atoms with Gasteiger partial charge >= 0.3 is 0 Å². The zero-order valence-electron chi connectivity index (χ0n) is 8.23. The summed E-state index contributed by atoms with van der Waals surface area (Å²) in [6, 6.07) is 0.589. The zero-order chi connectivity index (χ0) is 9.26. The van der Waals surface area contributed by atoms with Crippen LogP contribution in [0.2, 0.25) is 0 Å². The van der Waals surface area contributed by atoms with Crippen molar-refractivity contribution in [2.45, 2.75) is 38.8 Å². The van der Waals surface area contributed by atoms with Gasteiger partial charge in [-0.2, -0.15) is 0 Å². The third-order valence-corrected chi connectivity index (χ3v) is 2.71. The number of hydrogen-bond donors (Lipinski definition) is 0. The lowest BCUT2D eigenvalue weighted by Gasteiger charge is -2.28. The van der Waals surface area contributed by atoms with E-state index < -0.39 is 0 Å². The molecule has 2 atom stereocenters. The first kappa shape index (κ1) is 8.75. The maximum absolute atomic E-state index is 5.51. The molecule has 0 aliphatic carbocycles. The normalized spacial score (nSPS) is 29.1. The van der Waals surface area contributed by atoms with Crippen LogP contribution in [0.4, 0.5) is 0 Å². The molecule has 0 saturated carbocycles. The van der Waals surface area contributed by atoms with Gasteiger partial charge in [-0.25, -0.2) is 4.98 Å². The van der Waals surface area contributed by atoms with Crippen LogP contribution in [0.3, 0.4) is 0 Å². The lowest BCUT2D eigenvalue weighted by atomic mass is 10.0. The molecule has 0 aromatic carbocycles. The van der Waals surface area contributed by atoms with Gasteiger partial charge in [0.25, 0.3) is 0 Å². The number of nitrogens with zero attached hydrogens (tertiary/aromatic N) is 2. The Bertz CT molecular complexity index is 282. The summed E-state index contributed by atoms with van der Waals surface area (Å²) in [6.45, 7) is 5.12. The minimum absolute atomic E-state index is 0.389. The third-order valence-electron chi connectivity index (χ3n) is 2.71. The van der Waals surface area contributed by atoms with E-state index in [-0.39, 0.29) is 0 Å². The van der Waals surface area contributed by atoms with Crippen molar-refractivity contribution in [2.24, 2.45) is 0 Å². The molecule has 0 bridgehead atoms. The third kappa shape index (κ3) is 1.75. The van der Waals surface area contributed by atoms with E-state index >= 15 is 0 Å². The van der Waals surface area contributed by atoms with Gasteiger partial charge in [0.15, 0.2) is 0 Å². The average Bonchev–Trinajstić information content (AvgIpc) is 2.51. The molecule has 0 amide bonds. The predicted molar refractivity (Wildman–Crippen MR) is 50.6 cm³/mol. The van der Waals surface area contributed by atoms with E-state index in [9.17, 15) is 0 Å². The van der Waals surface area contributed by atoms with Crippen LogP contribution in [0.1, 0.15) is 31.5 Å². The van der Waals surface area contributed by atoms with E-state index in [0.29, 0.717) is 12.1 Å². The minimum atomic E-state index is 0.389. The van der Waals surface area contributed by atoms with Crippen LogP contribution in [0.25, 0.3) is 0 Å². The van der Waals surface area contributed by atoms with Crippen molar-refractivity contribution in [3.05, 3.63) is 18.2 Å². The summed E-state index contributed by atoms with van der Waals surface area (Å²) in [4.78, 5) is 4.14. The first-order valence-corrected chi connectivity index (χ1v) is 4.87. The van der Waals surface area contributed by atoms with Crippen LogP contribution in [-0.2, 0) is 4.74 Å². The van der Waals surface area contributed by atoms with E-state index in [0.717, 1.165) is 19.4 Å². The van der Waals surface area contributed by atoms with Crippen molar-refractivity contribution in [3.8, 4) is 0 Å². The van der Waals surface area contributed by atoms with Crippen LogP contribution in [0.5, 0.6) is 0 Å². The summed E-state index contributed by atoms with van der Waals surface area (Å²) in [5.41, 5.74) is 1.25. The summed E-state index contributed by atoms with van der Waals surface area (Å²) in [5.74, 6) is 0. The van der Waals surface area contributed by atoms with Gasteiger partial charge in [0.05, 0.1) is 12.4 Å². The highest BCUT2D eigenvalue weighted by molar-refractivity contribution is 4.97. The molecule has 0 radical (unpaired) electrons. The topological polar surface area (TPSA) is 27.1 Å². The van der Waals surface area contributed by atoms with Crippen molar-refractivity contribution >= 4 is 0 Å². The molecule has 1 aromatic rings. The molecule has 1 aliphatic heterocycles. The highest BCUT2D eigenvalue weighted by Crippen LogP contribution is 2.25. The van der Waals surface area contributed by atoms with E-state index in [1.54, 1.807) is 0 Å². The first-order chi connectivity index (χ1) is 6.27. The monoisotopic (exact) mass is 180 g/mol. The average molecular weight is 180 g/mol. The molecule has 2 heterocycles. The second-order valence-electron chi connectivity index (χ2n) is 3.80. The van der Waals surface area contributed by atoms with Crippen molar-refractivity contribution in [1.29, 1.82) is 0 Å². The number of ether oxygens (including phenoxy) is 1. The van der Waals surface area contributed by atoms with Crippen LogP contribution in [-0.4, -0.2) is 22.3 Å². The lowest BCUT2D eigenvalue weighted by molar-refractivity contribution is 0.00561. The highest BCUT2D eigenvalue weighted by atomic mass is 16.5. The van der Waals surface area contributed by atoms with E-state index in [1.165, 1.54) is 5.69 Å². The summed E-state index contributed by atoms with van der Waals surface area (Å²) in [6.07, 6.45) is 6.46. The molecule has 1 saturated heterocycles. The Kier molecular flexibility index (Phi) is 2.36. The summed E-state index contributed by atoms with van der Waals surface area (Å²) >= 11 is 0. The Morgan fingerprint density at radius 1 is 1.62 bits per heavy atom. The van der Waals surface area contributed by atoms with Crippen LogP contribution < -0.4 is 0 Å². The number of aromatic nitrogens is 2. The summed E-state index contributed by atoms with van der Waals surface area (Å²) in [5, 5.41) is 0. The van der Waals surface area contributed by atoms with E-state index in [2.05, 4.69) is 23.4 Å². The van der Waals surface area contributed by atoms with Crippen LogP contribution >= 0.6 is 0 Å². The second-order valence-corrected chi connectivity index (χ2v) is 3.80. The van der Waals surface area contributed by atoms with Gasteiger partial charge in [-0.3, -0.25) is 0 Å². The number of imidazole rings is 1. The molecule has 13 heavy (non-hydrogen) atoms. The second kappa shape index (κ2) is 3.50. The first-order valence-electron chi connectivity index (χ1n) is 4.87. The molecule has 3 nitrogen and oxygen atoms in total. The van der Waals surface area contributed by atoms with Crippen molar-refractivity contribution < 1.29 is 4.74 Å². The van der Waals surface area contributed by atoms with Gasteiger partial charge in [-0.15, -0.1) is 0 Å². The Morgan fingerprint density at radius 3 is 3.08 bits per heavy atom. The number of hydrogen-bond acceptors (Lipinski definition) is 2. The van der Waals surface area contributed by atoms with Gasteiger partial charge in [-0.1, -0.05) is 0 Å². The Balaban J connectivity index is 2.12. The fourth-order valence-corrected chi connectivity index (χ4v) is 1.98. The van der Waals surface area contributed by atoms with Crippen molar-refractivity contribution in [1.82, 2.24) is 9.55 Å². The molecule has 3 heteroatoms. The number of aryl methyl sites for hydroxylation is 1. The molecule has 0 N–H and O–H groups in total. The van der Waals surface area contributed by atoms with Crippen molar-refractivity contribution in [3.63, 3.8) is 0 Å². The molecule has 72 valence electrons. The molecule has 2 rings (SSSR count). The highest BCUT2D eigenvalue weighted by Gasteiger charge is 2.21. The van der Waals surface area contributed by atoms with Gasteiger partial charge in [0.1, 0.15) is 0 Å². The summed E-state index contributed by atoms with van der Waals surface area (Å²) in [7, 11) is 0. The Morgan fingerprint density at radius 2 is 2.46 bits per heavy atom. The number of rotatable bonds is 1. The van der Waals surface area contributed by atoms with Crippen LogP contribution in [0.15, 0.2) is 12.5 Å². The molecule has 0 spiro atoms. The SMILES string of the molecule is Cc1cncn1C1CCOC(C)C1. The molecular weight excluding hydrogens is 164 g/mol. The predicted octanol–water partition coefficient (Wildman–Crippen LogP) is 1.93. The fraction of sp³-hybridized carbons (Fsp3) is 0.700. The Labute approximate surface area is 78.7 Å². The molecule has 1 fully saturated rings. The fourth-order valence-electron chi connectivity index (χ4n) is 1.98. The maximum Gasteiger partial charge on any atom is 0.0950 e. The molecular formula is C10H16N2O. The largest absolute Gasteiger partial charge is 0.378 e. The standard InChI is InChI=1S/C10H16N2O/c1-8-6-11-7-12(8)10-3-4-13-9(2)5-10/h6-7,9-10H,3-5H2,1-2H3. The molecule has 2 unspecified atom stereocenters. The van der Waals surface area contributed by atoms with E-state index in [4.69, 9.17) is 4.74 Å². The van der Waals surface area contributed by atoms with Gasteiger partial charge in [0.2, 0.25) is 0 Å². The zero-order valence-corrected chi connectivity index (χ0v) is 8.23. The Hall–Kier alpha value is -0.830. The van der Waals surface area contributed by atoms with Gasteiger partial charge < -0.3 is 9.30 Å². The lowest BCUT2D eigenvalue weighted by Crippen LogP contribution is -2.25. The minimum Gasteiger partial charge on any atom is -0.378 e. The van der Waals surface area contributed by atoms with Gasteiger partial charge in [0, 0.05) is 24.5 Å². The van der Waals surface area contributed by atoms with Gasteiger partial charge in [-0.05, 0) is 26.7 Å².